The van der Waals surface area contributed by atoms with Crippen LogP contribution in [-0.4, -0.2) is 27.7 Å². The highest BCUT2D eigenvalue weighted by atomic mass is 16.6. The van der Waals surface area contributed by atoms with Crippen molar-refractivity contribution in [1.82, 2.24) is 4.90 Å². The van der Waals surface area contributed by atoms with E-state index < -0.39 is 16.9 Å². The first kappa shape index (κ1) is 15.7. The summed E-state index contributed by atoms with van der Waals surface area (Å²) in [5.74, 6) is -0.580. The summed E-state index contributed by atoms with van der Waals surface area (Å²) in [6, 6.07) is 12.2. The van der Waals surface area contributed by atoms with Crippen LogP contribution in [0.15, 0.2) is 48.5 Å². The Bertz CT molecular complexity index is 834. The average Bonchev–Trinajstić information content (AvgIpc) is 2.91. The fourth-order valence-electron chi connectivity index (χ4n) is 2.68. The molecule has 0 unspecified atom stereocenters. The molecule has 0 spiro atoms. The van der Waals surface area contributed by atoms with Gasteiger partial charge in [-0.3, -0.25) is 19.7 Å². The summed E-state index contributed by atoms with van der Waals surface area (Å²) in [6.45, 7) is 2.01. The maximum Gasteiger partial charge on any atom is 0.271 e. The number of carbonyl (C=O) groups excluding carboxylic acids is 2. The van der Waals surface area contributed by atoms with E-state index >= 15 is 0 Å². The molecule has 1 heterocycles. The molecule has 0 saturated carbocycles. The van der Waals surface area contributed by atoms with E-state index in [-0.39, 0.29) is 11.6 Å². The Morgan fingerprint density at radius 2 is 2.00 bits per heavy atom. The molecule has 1 aliphatic rings. The van der Waals surface area contributed by atoms with E-state index in [9.17, 15) is 19.7 Å². The van der Waals surface area contributed by atoms with Gasteiger partial charge in [0.25, 0.3) is 11.6 Å². The van der Waals surface area contributed by atoms with Crippen LogP contribution < -0.4 is 5.32 Å². The highest BCUT2D eigenvalue weighted by Crippen LogP contribution is 2.25. The third-order valence-corrected chi connectivity index (χ3v) is 4.02. The first-order valence-corrected chi connectivity index (χ1v) is 7.41. The molecular weight excluding hydrogens is 310 g/mol. The summed E-state index contributed by atoms with van der Waals surface area (Å²) in [6.07, 6.45) is 0. The molecule has 0 bridgehead atoms. The Labute approximate surface area is 138 Å². The maximum atomic E-state index is 12.4. The van der Waals surface area contributed by atoms with Crippen molar-refractivity contribution in [3.05, 3.63) is 69.8 Å². The van der Waals surface area contributed by atoms with Crippen molar-refractivity contribution in [2.45, 2.75) is 19.5 Å². The van der Waals surface area contributed by atoms with Crippen LogP contribution in [0, 0.1) is 10.1 Å². The van der Waals surface area contributed by atoms with Crippen molar-refractivity contribution in [3.8, 4) is 0 Å². The predicted molar refractivity (Wildman–Crippen MR) is 87.5 cm³/mol. The van der Waals surface area contributed by atoms with E-state index in [1.54, 1.807) is 25.1 Å². The quantitative estimate of drug-likeness (QED) is 0.690. The number of benzene rings is 2. The topological polar surface area (TPSA) is 92.5 Å². The Balaban J connectivity index is 1.73. The second-order valence-corrected chi connectivity index (χ2v) is 5.56. The van der Waals surface area contributed by atoms with Crippen LogP contribution in [0.4, 0.5) is 11.4 Å². The van der Waals surface area contributed by atoms with Gasteiger partial charge in [0.1, 0.15) is 6.04 Å². The van der Waals surface area contributed by atoms with E-state index in [2.05, 4.69) is 5.32 Å². The maximum absolute atomic E-state index is 12.4. The molecule has 0 saturated heterocycles. The van der Waals surface area contributed by atoms with E-state index in [4.69, 9.17) is 0 Å². The van der Waals surface area contributed by atoms with Gasteiger partial charge in [0.2, 0.25) is 5.91 Å². The Kier molecular flexibility index (Phi) is 3.99. The van der Waals surface area contributed by atoms with E-state index in [0.29, 0.717) is 17.8 Å². The molecule has 2 amide bonds. The number of non-ortho nitro benzene ring substituents is 1. The second kappa shape index (κ2) is 6.11. The minimum Gasteiger partial charge on any atom is -0.324 e. The van der Waals surface area contributed by atoms with Crippen LogP contribution in [-0.2, 0) is 11.3 Å². The smallest absolute Gasteiger partial charge is 0.271 e. The number of anilines is 1. The van der Waals surface area contributed by atoms with Crippen LogP contribution >= 0.6 is 0 Å². The van der Waals surface area contributed by atoms with Gasteiger partial charge >= 0.3 is 0 Å². The van der Waals surface area contributed by atoms with Gasteiger partial charge in [0.15, 0.2) is 0 Å². The van der Waals surface area contributed by atoms with Crippen molar-refractivity contribution in [3.63, 3.8) is 0 Å². The van der Waals surface area contributed by atoms with Gasteiger partial charge in [0, 0.05) is 29.9 Å². The molecule has 1 N–H and O–H groups in total. The summed E-state index contributed by atoms with van der Waals surface area (Å²) < 4.78 is 0. The molecule has 24 heavy (non-hydrogen) atoms. The van der Waals surface area contributed by atoms with Crippen molar-refractivity contribution in [1.29, 1.82) is 0 Å². The standard InChI is InChI=1S/C17H15N3O4/c1-11(19-10-12-5-2-3-8-15(12)17(19)22)16(21)18-13-6-4-7-14(9-13)20(23)24/h2-9,11H,10H2,1H3,(H,18,21)/t11-/m1/s1. The van der Waals surface area contributed by atoms with Crippen LogP contribution in [0.2, 0.25) is 0 Å². The highest BCUT2D eigenvalue weighted by Gasteiger charge is 2.33. The van der Waals surface area contributed by atoms with Crippen LogP contribution in [0.1, 0.15) is 22.8 Å². The number of nitrogens with zero attached hydrogens (tertiary/aromatic N) is 2. The van der Waals surface area contributed by atoms with Gasteiger partial charge in [-0.1, -0.05) is 24.3 Å². The SMILES string of the molecule is C[C@H](C(=O)Nc1cccc([N+](=O)[O-])c1)N1Cc2ccccc2C1=O. The monoisotopic (exact) mass is 325 g/mol. The number of hydrogen-bond acceptors (Lipinski definition) is 4. The van der Waals surface area contributed by atoms with Crippen LogP contribution in [0.3, 0.4) is 0 Å². The van der Waals surface area contributed by atoms with E-state index in [1.165, 1.54) is 23.1 Å². The van der Waals surface area contributed by atoms with Crippen molar-refractivity contribution < 1.29 is 14.5 Å². The zero-order valence-electron chi connectivity index (χ0n) is 12.9. The molecule has 7 nitrogen and oxygen atoms in total. The molecule has 2 aromatic carbocycles. The lowest BCUT2D eigenvalue weighted by atomic mass is 10.1. The lowest BCUT2D eigenvalue weighted by molar-refractivity contribution is -0.384. The Hall–Kier alpha value is -3.22. The van der Waals surface area contributed by atoms with Gasteiger partial charge in [-0.05, 0) is 24.6 Å². The Morgan fingerprint density at radius 3 is 2.71 bits per heavy atom. The second-order valence-electron chi connectivity index (χ2n) is 5.56. The molecule has 0 fully saturated rings. The van der Waals surface area contributed by atoms with Gasteiger partial charge in [-0.15, -0.1) is 0 Å². The third-order valence-electron chi connectivity index (χ3n) is 4.02. The molecule has 122 valence electrons. The fourth-order valence-corrected chi connectivity index (χ4v) is 2.68. The lowest BCUT2D eigenvalue weighted by Crippen LogP contribution is -2.42. The van der Waals surface area contributed by atoms with Gasteiger partial charge in [-0.25, -0.2) is 0 Å². The Morgan fingerprint density at radius 1 is 1.25 bits per heavy atom. The number of nitrogens with one attached hydrogen (secondary N) is 1. The number of amides is 2. The van der Waals surface area contributed by atoms with Crippen LogP contribution in [0.5, 0.6) is 0 Å². The first-order valence-electron chi connectivity index (χ1n) is 7.41. The molecule has 0 aliphatic carbocycles. The predicted octanol–water partition coefficient (Wildman–Crippen LogP) is 2.58. The van der Waals surface area contributed by atoms with E-state index in [1.807, 2.05) is 12.1 Å². The number of fused-ring (bicyclic) bond motifs is 1. The number of carbonyl (C=O) groups is 2. The summed E-state index contributed by atoms with van der Waals surface area (Å²) >= 11 is 0. The first-order chi connectivity index (χ1) is 11.5. The minimum absolute atomic E-state index is 0.106. The van der Waals surface area contributed by atoms with Gasteiger partial charge < -0.3 is 10.2 Å². The van der Waals surface area contributed by atoms with Gasteiger partial charge in [0.05, 0.1) is 4.92 Å². The summed E-state index contributed by atoms with van der Waals surface area (Å²) in [5, 5.41) is 13.4. The summed E-state index contributed by atoms with van der Waals surface area (Å²) in [7, 11) is 0. The van der Waals surface area contributed by atoms with Crippen molar-refractivity contribution >= 4 is 23.2 Å². The molecule has 2 aromatic rings. The van der Waals surface area contributed by atoms with Crippen molar-refractivity contribution in [2.24, 2.45) is 0 Å². The van der Waals surface area contributed by atoms with E-state index in [0.717, 1.165) is 5.56 Å². The number of nitro benzene ring substituents is 1. The van der Waals surface area contributed by atoms with Crippen LogP contribution in [0.25, 0.3) is 0 Å². The third kappa shape index (κ3) is 2.83. The molecule has 0 radical (unpaired) electrons. The zero-order valence-corrected chi connectivity index (χ0v) is 12.9. The number of nitro groups is 1. The summed E-state index contributed by atoms with van der Waals surface area (Å²) in [4.78, 5) is 36.5. The number of hydrogen-bond donors (Lipinski definition) is 1. The molecule has 3 rings (SSSR count). The zero-order chi connectivity index (χ0) is 17.3. The van der Waals surface area contributed by atoms with Gasteiger partial charge in [-0.2, -0.15) is 0 Å². The molecule has 0 aromatic heterocycles. The molecule has 1 atom stereocenters. The normalized spacial score (nSPS) is 14.2. The average molecular weight is 325 g/mol. The van der Waals surface area contributed by atoms with Crippen molar-refractivity contribution in [2.75, 3.05) is 5.32 Å². The highest BCUT2D eigenvalue weighted by molar-refractivity contribution is 6.03. The molecule has 1 aliphatic heterocycles. The molecular formula is C17H15N3O4. The molecule has 7 heteroatoms. The fraction of sp³-hybridized carbons (Fsp3) is 0.176. The summed E-state index contributed by atoms with van der Waals surface area (Å²) in [5.41, 5.74) is 1.71. The lowest BCUT2D eigenvalue weighted by Gasteiger charge is -2.23. The largest absolute Gasteiger partial charge is 0.324 e. The minimum atomic E-state index is -0.691. The number of rotatable bonds is 4.